The van der Waals surface area contributed by atoms with Crippen molar-refractivity contribution in [2.24, 2.45) is 56.7 Å². The van der Waals surface area contributed by atoms with Gasteiger partial charge in [-0.3, -0.25) is 0 Å². The van der Waals surface area contributed by atoms with E-state index in [0.717, 1.165) is 25.7 Å². The highest BCUT2D eigenvalue weighted by molar-refractivity contribution is 5.42. The first kappa shape index (κ1) is 48.1. The highest BCUT2D eigenvalue weighted by Gasteiger charge is 2.79. The van der Waals surface area contributed by atoms with Gasteiger partial charge in [-0.25, -0.2) is 0 Å². The Hall–Kier alpha value is -0.940. The molecule has 0 aromatic rings. The second-order valence-electron chi connectivity index (χ2n) is 22.9. The molecule has 9 aliphatic rings. The van der Waals surface area contributed by atoms with Crippen molar-refractivity contribution < 1.29 is 84.2 Å². The average Bonchev–Trinajstić information content (AvgIpc) is 4.07. The molecule has 0 amide bonds. The number of rotatable bonds is 8. The van der Waals surface area contributed by atoms with Gasteiger partial charge in [0.1, 0.15) is 61.0 Å². The number of fused-ring (bicyclic) bond motifs is 10. The Kier molecular flexibility index (Phi) is 12.5. The monoisotopic (exact) mass is 913 g/mol. The molecule has 4 heterocycles. The van der Waals surface area contributed by atoms with E-state index in [0.29, 0.717) is 24.7 Å². The predicted molar refractivity (Wildman–Crippen MR) is 223 cm³/mol. The zero-order valence-electron chi connectivity index (χ0n) is 38.6. The lowest BCUT2D eigenvalue weighted by Gasteiger charge is -2.71. The van der Waals surface area contributed by atoms with Crippen LogP contribution in [0.15, 0.2) is 11.6 Å². The van der Waals surface area contributed by atoms with Crippen molar-refractivity contribution in [1.82, 2.24) is 0 Å². The lowest BCUT2D eigenvalue weighted by Crippen LogP contribution is -2.70. The summed E-state index contributed by atoms with van der Waals surface area (Å²) in [4.78, 5) is 0. The Morgan fingerprint density at radius 1 is 0.672 bits per heavy atom. The molecular weight excluding hydrogens is 836 g/mol. The number of hydrogen-bond acceptors (Lipinski definition) is 17. The van der Waals surface area contributed by atoms with Crippen LogP contribution < -0.4 is 0 Å². The maximum absolute atomic E-state index is 12.6. The summed E-state index contributed by atoms with van der Waals surface area (Å²) in [5.41, 5.74) is -0.559. The Morgan fingerprint density at radius 3 is 2.00 bits per heavy atom. The van der Waals surface area contributed by atoms with Crippen LogP contribution in [-0.2, 0) is 33.2 Å². The van der Waals surface area contributed by atoms with E-state index in [1.54, 1.807) is 6.92 Å². The summed E-state index contributed by atoms with van der Waals surface area (Å²) in [5, 5.41) is 110. The van der Waals surface area contributed by atoms with E-state index < -0.39 is 117 Å². The number of ether oxygens (including phenoxy) is 7. The first-order valence-electron chi connectivity index (χ1n) is 24.0. The van der Waals surface area contributed by atoms with Gasteiger partial charge in [0.05, 0.1) is 50.3 Å². The van der Waals surface area contributed by atoms with Crippen LogP contribution in [-0.4, -0.2) is 181 Å². The van der Waals surface area contributed by atoms with Crippen LogP contribution in [0.5, 0.6) is 0 Å². The second-order valence-corrected chi connectivity index (χ2v) is 22.9. The fourth-order valence-electron chi connectivity index (χ4n) is 15.6. The topological polar surface area (TPSA) is 270 Å². The van der Waals surface area contributed by atoms with Crippen LogP contribution in [0.25, 0.3) is 0 Å². The van der Waals surface area contributed by atoms with E-state index in [1.807, 2.05) is 0 Å². The van der Waals surface area contributed by atoms with Crippen molar-refractivity contribution in [2.75, 3.05) is 19.8 Å². The molecule has 4 aliphatic heterocycles. The SMILES string of the molecule is C[C@H]1[C@H](C)CC[C@]2(CO)[C@@H]3O[C@@H]3[C@]3(C)C(=C[C@H](O)[C@@H]4[C@@]5(C)CC[C@H](O[C@@H]6O[C@H](C)[C@H](O)[C@H](O)[C@H]6O[C@@H]6O[C@H](CO)[C@@H](O)[C@H](O)[C@H]6O[C@@H]6OC[C@@H](O)[C@H](O)[C@H]6O)C(C)(C)[C@@H]5CC[C@]43C)[C@H]12. The fraction of sp³-hybridized carbons (Fsp3) is 0.957. The number of aliphatic hydroxyl groups is 10. The van der Waals surface area contributed by atoms with E-state index in [9.17, 15) is 51.1 Å². The summed E-state index contributed by atoms with van der Waals surface area (Å²) >= 11 is 0. The Labute approximate surface area is 376 Å². The zero-order chi connectivity index (χ0) is 46.4. The fourth-order valence-corrected chi connectivity index (χ4v) is 15.6. The lowest BCUT2D eigenvalue weighted by atomic mass is 9.33. The molecular formula is C47H76O17. The molecule has 4 saturated carbocycles. The normalized spacial score (nSPS) is 59.0. The van der Waals surface area contributed by atoms with Gasteiger partial charge in [0.25, 0.3) is 0 Å². The van der Waals surface area contributed by atoms with Gasteiger partial charge >= 0.3 is 0 Å². The number of hydrogen-bond donors (Lipinski definition) is 10. The number of epoxide rings is 1. The molecule has 5 aliphatic carbocycles. The van der Waals surface area contributed by atoms with E-state index in [1.165, 1.54) is 5.57 Å². The van der Waals surface area contributed by atoms with Gasteiger partial charge < -0.3 is 84.2 Å². The first-order chi connectivity index (χ1) is 30.0. The summed E-state index contributed by atoms with van der Waals surface area (Å²) in [5.74, 6) is 0.905. The van der Waals surface area contributed by atoms with E-state index in [2.05, 4.69) is 54.5 Å². The molecule has 366 valence electrons. The summed E-state index contributed by atoms with van der Waals surface area (Å²) < 4.78 is 43.5. The van der Waals surface area contributed by atoms with E-state index in [-0.39, 0.29) is 58.2 Å². The molecule has 64 heavy (non-hydrogen) atoms. The molecule has 17 nitrogen and oxygen atoms in total. The van der Waals surface area contributed by atoms with E-state index in [4.69, 9.17) is 33.2 Å². The summed E-state index contributed by atoms with van der Waals surface area (Å²) in [6.07, 6.45) is -15.4. The van der Waals surface area contributed by atoms with E-state index >= 15 is 0 Å². The zero-order valence-corrected chi connectivity index (χ0v) is 38.6. The molecule has 0 radical (unpaired) electrons. The maximum Gasteiger partial charge on any atom is 0.187 e. The van der Waals surface area contributed by atoms with Crippen molar-refractivity contribution in [1.29, 1.82) is 0 Å². The first-order valence-corrected chi connectivity index (χ1v) is 24.0. The molecule has 4 saturated heterocycles. The Morgan fingerprint density at radius 2 is 1.33 bits per heavy atom. The van der Waals surface area contributed by atoms with Gasteiger partial charge in [-0.05, 0) is 85.4 Å². The van der Waals surface area contributed by atoms with Crippen LogP contribution in [0, 0.1) is 56.7 Å². The minimum absolute atomic E-state index is 0.0156. The quantitative estimate of drug-likeness (QED) is 0.0879. The third kappa shape index (κ3) is 6.79. The second kappa shape index (κ2) is 16.6. The van der Waals surface area contributed by atoms with Gasteiger partial charge in [-0.15, -0.1) is 0 Å². The summed E-state index contributed by atoms with van der Waals surface area (Å²) in [6, 6.07) is 0. The van der Waals surface area contributed by atoms with Gasteiger partial charge in [0.15, 0.2) is 18.9 Å². The Balaban J connectivity index is 0.983. The highest BCUT2D eigenvalue weighted by Crippen LogP contribution is 2.79. The maximum atomic E-state index is 12.6. The van der Waals surface area contributed by atoms with Gasteiger partial charge in [-0.1, -0.05) is 60.1 Å². The molecule has 27 atom stereocenters. The Bertz CT molecular complexity index is 1750. The van der Waals surface area contributed by atoms with Crippen molar-refractivity contribution >= 4 is 0 Å². The minimum Gasteiger partial charge on any atom is -0.396 e. The molecule has 0 unspecified atom stereocenters. The summed E-state index contributed by atoms with van der Waals surface area (Å²) in [7, 11) is 0. The smallest absolute Gasteiger partial charge is 0.187 e. The van der Waals surface area contributed by atoms with Crippen molar-refractivity contribution in [3.05, 3.63) is 11.6 Å². The highest BCUT2D eigenvalue weighted by atomic mass is 16.8. The van der Waals surface area contributed by atoms with Crippen molar-refractivity contribution in [2.45, 2.75) is 204 Å². The molecule has 0 aromatic heterocycles. The van der Waals surface area contributed by atoms with Crippen LogP contribution in [0.2, 0.25) is 0 Å². The molecule has 10 N–H and O–H groups in total. The molecule has 8 fully saturated rings. The third-order valence-corrected chi connectivity index (χ3v) is 19.6. The standard InChI is InChI=1S/C47H76O17/c1-19-9-14-47(18-49)28(20(19)2)22-15-23(50)37-44(6)12-11-27(43(4,5)26(44)10-13-45(37,7)46(22,8)38-39(47)64-38)61-41-35(32(55)29(52)21(3)59-41)63-42-36(33(56)31(54)25(16-48)60-42)62-40-34(57)30(53)24(51)17-58-40/h15,19-21,23-42,48-57H,9-14,16-18H2,1-8H3/t19-,20+,21-,23+,24-,25-,26+,27+,28+,29+,30+,31-,32+,33+,34-,35-,36-,37-,38+,39-,40+,41+,42+,44+,45-,46+,47-/m1/s1. The molecule has 9 rings (SSSR count). The van der Waals surface area contributed by atoms with Crippen molar-refractivity contribution in [3.63, 3.8) is 0 Å². The van der Waals surface area contributed by atoms with Gasteiger partial charge in [-0.2, -0.15) is 0 Å². The van der Waals surface area contributed by atoms with Crippen LogP contribution >= 0.6 is 0 Å². The molecule has 17 heteroatoms. The van der Waals surface area contributed by atoms with Crippen LogP contribution in [0.1, 0.15) is 93.9 Å². The molecule has 0 aromatic carbocycles. The molecule has 0 spiro atoms. The van der Waals surface area contributed by atoms with Crippen molar-refractivity contribution in [3.8, 4) is 0 Å². The van der Waals surface area contributed by atoms with Crippen LogP contribution in [0.3, 0.4) is 0 Å². The minimum atomic E-state index is -1.80. The third-order valence-electron chi connectivity index (χ3n) is 19.6. The van der Waals surface area contributed by atoms with Crippen LogP contribution in [0.4, 0.5) is 0 Å². The predicted octanol–water partition coefficient (Wildman–Crippen LogP) is 0.0945. The summed E-state index contributed by atoms with van der Waals surface area (Å²) in [6.45, 7) is 16.6. The average molecular weight is 913 g/mol. The van der Waals surface area contributed by atoms with Gasteiger partial charge in [0.2, 0.25) is 0 Å². The number of aliphatic hydroxyl groups excluding tert-OH is 10. The molecule has 0 bridgehead atoms. The lowest BCUT2D eigenvalue weighted by molar-refractivity contribution is -0.393. The largest absolute Gasteiger partial charge is 0.396 e. The van der Waals surface area contributed by atoms with Gasteiger partial charge in [0, 0.05) is 16.7 Å².